The highest BCUT2D eigenvalue weighted by atomic mass is 35.5. The van der Waals surface area contributed by atoms with E-state index in [0.29, 0.717) is 28.3 Å². The average Bonchev–Trinajstić information content (AvgIpc) is 2.98. The van der Waals surface area contributed by atoms with E-state index in [4.69, 9.17) is 16.3 Å². The molecule has 2 rings (SSSR count). The number of likely N-dealkylation sites (tertiary alicyclic amines) is 1. The molecule has 5 nitrogen and oxygen atoms in total. The first-order chi connectivity index (χ1) is 11.0. The molecule has 0 unspecified atom stereocenters. The van der Waals surface area contributed by atoms with Crippen LogP contribution in [0.4, 0.5) is 0 Å². The van der Waals surface area contributed by atoms with E-state index in [1.165, 1.54) is 11.3 Å². The van der Waals surface area contributed by atoms with E-state index in [2.05, 4.69) is 11.9 Å². The van der Waals surface area contributed by atoms with E-state index < -0.39 is 0 Å². The van der Waals surface area contributed by atoms with Crippen LogP contribution in [-0.4, -0.2) is 74.4 Å². The Balaban J connectivity index is 1.98. The van der Waals surface area contributed by atoms with Gasteiger partial charge < -0.3 is 19.6 Å². The lowest BCUT2D eigenvalue weighted by Gasteiger charge is -2.38. The predicted molar refractivity (Wildman–Crippen MR) is 93.3 cm³/mol. The molecule has 130 valence electrons. The summed E-state index contributed by atoms with van der Waals surface area (Å²) in [5, 5.41) is 9.57. The van der Waals surface area contributed by atoms with Crippen molar-refractivity contribution in [2.24, 2.45) is 11.8 Å². The lowest BCUT2D eigenvalue weighted by molar-refractivity contribution is 0.0455. The number of hydrogen-bond donors (Lipinski definition) is 1. The zero-order chi connectivity index (χ0) is 16.8. The summed E-state index contributed by atoms with van der Waals surface area (Å²) < 4.78 is 5.73. The Bertz CT molecular complexity index is 511. The maximum atomic E-state index is 12.6. The molecule has 0 spiro atoms. The summed E-state index contributed by atoms with van der Waals surface area (Å²) in [4.78, 5) is 17.4. The number of thiophene rings is 1. The number of carbonyl (C=O) groups is 1. The van der Waals surface area contributed by atoms with Crippen LogP contribution in [0.15, 0.2) is 12.1 Å². The summed E-state index contributed by atoms with van der Waals surface area (Å²) in [5.74, 6) is 0.524. The highest BCUT2D eigenvalue weighted by Gasteiger charge is 2.31. The molecule has 1 fully saturated rings. The first-order valence-corrected chi connectivity index (χ1v) is 9.05. The second-order valence-corrected chi connectivity index (χ2v) is 7.93. The predicted octanol–water partition coefficient (Wildman–Crippen LogP) is 2.05. The third kappa shape index (κ3) is 5.43. The van der Waals surface area contributed by atoms with Gasteiger partial charge in [-0.25, -0.2) is 0 Å². The summed E-state index contributed by atoms with van der Waals surface area (Å²) in [6.07, 6.45) is 0.947. The number of nitrogens with zero attached hydrogens (tertiary/aromatic N) is 2. The van der Waals surface area contributed by atoms with Gasteiger partial charge in [-0.05, 0) is 37.4 Å². The largest absolute Gasteiger partial charge is 0.396 e. The minimum atomic E-state index is 0.0181. The smallest absolute Gasteiger partial charge is 0.263 e. The second kappa shape index (κ2) is 8.99. The minimum Gasteiger partial charge on any atom is -0.396 e. The van der Waals surface area contributed by atoms with Gasteiger partial charge in [-0.1, -0.05) is 11.6 Å². The monoisotopic (exact) mass is 360 g/mol. The van der Waals surface area contributed by atoms with Crippen molar-refractivity contribution >= 4 is 28.8 Å². The van der Waals surface area contributed by atoms with Gasteiger partial charge in [0.25, 0.3) is 5.91 Å². The summed E-state index contributed by atoms with van der Waals surface area (Å²) in [6, 6.07) is 3.53. The van der Waals surface area contributed by atoms with E-state index in [-0.39, 0.29) is 18.4 Å². The van der Waals surface area contributed by atoms with E-state index in [1.54, 1.807) is 19.2 Å². The molecule has 1 saturated heterocycles. The molecule has 7 heteroatoms. The zero-order valence-corrected chi connectivity index (χ0v) is 15.3. The number of amides is 1. The van der Waals surface area contributed by atoms with Crippen molar-refractivity contribution in [3.05, 3.63) is 21.3 Å². The van der Waals surface area contributed by atoms with Crippen LogP contribution < -0.4 is 0 Å². The van der Waals surface area contributed by atoms with Gasteiger partial charge in [0.05, 0.1) is 15.8 Å². The van der Waals surface area contributed by atoms with Crippen LogP contribution in [0.25, 0.3) is 0 Å². The van der Waals surface area contributed by atoms with Crippen molar-refractivity contribution in [2.75, 3.05) is 53.6 Å². The lowest BCUT2D eigenvalue weighted by Crippen LogP contribution is -2.47. The van der Waals surface area contributed by atoms with Crippen molar-refractivity contribution in [2.45, 2.75) is 6.42 Å². The van der Waals surface area contributed by atoms with Crippen LogP contribution in [-0.2, 0) is 4.74 Å². The van der Waals surface area contributed by atoms with Crippen LogP contribution in [0.3, 0.4) is 0 Å². The van der Waals surface area contributed by atoms with Gasteiger partial charge in [0, 0.05) is 39.9 Å². The Hall–Kier alpha value is -0.660. The Morgan fingerprint density at radius 3 is 2.83 bits per heavy atom. The van der Waals surface area contributed by atoms with Gasteiger partial charge in [-0.3, -0.25) is 4.79 Å². The van der Waals surface area contributed by atoms with Gasteiger partial charge in [0.1, 0.15) is 0 Å². The Morgan fingerprint density at radius 2 is 2.22 bits per heavy atom. The summed E-state index contributed by atoms with van der Waals surface area (Å²) in [7, 11) is 3.76. The summed E-state index contributed by atoms with van der Waals surface area (Å²) in [6.45, 7) is 3.92. The molecule has 2 atom stereocenters. The molecule has 1 N–H and O–H groups in total. The molecule has 23 heavy (non-hydrogen) atoms. The SMILES string of the molecule is COCCN(C)C[C@H]1C[C@H](CO)CN(C(=O)c2ccc(Cl)s2)C1. The molecule has 1 amide bonds. The molecule has 0 saturated carbocycles. The average molecular weight is 361 g/mol. The number of methoxy groups -OCH3 is 1. The zero-order valence-electron chi connectivity index (χ0n) is 13.7. The molecule has 0 aliphatic carbocycles. The lowest BCUT2D eigenvalue weighted by atomic mass is 9.89. The Kier molecular flexibility index (Phi) is 7.30. The van der Waals surface area contributed by atoms with Crippen molar-refractivity contribution in [3.8, 4) is 0 Å². The van der Waals surface area contributed by atoms with Crippen LogP contribution >= 0.6 is 22.9 Å². The van der Waals surface area contributed by atoms with E-state index >= 15 is 0 Å². The van der Waals surface area contributed by atoms with Crippen LogP contribution in [0.1, 0.15) is 16.1 Å². The van der Waals surface area contributed by atoms with Crippen LogP contribution in [0.2, 0.25) is 4.34 Å². The third-order valence-corrected chi connectivity index (χ3v) is 5.42. The fourth-order valence-electron chi connectivity index (χ4n) is 3.11. The number of ether oxygens (including phenoxy) is 1. The van der Waals surface area contributed by atoms with Gasteiger partial charge in [0.2, 0.25) is 0 Å². The van der Waals surface area contributed by atoms with Crippen LogP contribution in [0, 0.1) is 11.8 Å². The van der Waals surface area contributed by atoms with E-state index in [0.717, 1.165) is 26.1 Å². The summed E-state index contributed by atoms with van der Waals surface area (Å²) >= 11 is 7.24. The van der Waals surface area contributed by atoms with Gasteiger partial charge in [0.15, 0.2) is 0 Å². The molecule has 1 aliphatic heterocycles. The molecule has 1 aliphatic rings. The first kappa shape index (κ1) is 18.7. The second-order valence-electron chi connectivity index (χ2n) is 6.22. The number of aliphatic hydroxyl groups is 1. The fourth-order valence-corrected chi connectivity index (χ4v) is 4.12. The Labute approximate surface area is 146 Å². The normalized spacial score (nSPS) is 21.9. The van der Waals surface area contributed by atoms with Crippen molar-refractivity contribution in [1.82, 2.24) is 9.80 Å². The molecular weight excluding hydrogens is 336 g/mol. The topological polar surface area (TPSA) is 53.0 Å². The van der Waals surface area contributed by atoms with Gasteiger partial charge in [-0.15, -0.1) is 11.3 Å². The molecular formula is C16H25ClN2O3S. The van der Waals surface area contributed by atoms with Crippen molar-refractivity contribution in [1.29, 1.82) is 0 Å². The number of carbonyl (C=O) groups excluding carboxylic acids is 1. The standard InChI is InChI=1S/C16H25ClN2O3S/c1-18(5-6-22-2)8-12-7-13(11-20)10-19(9-12)16(21)14-3-4-15(17)23-14/h3-4,12-13,20H,5-11H2,1-2H3/t12-,13+/m1/s1. The van der Waals surface area contributed by atoms with E-state index in [1.807, 2.05) is 4.90 Å². The molecule has 1 aromatic rings. The number of hydrogen-bond acceptors (Lipinski definition) is 5. The highest BCUT2D eigenvalue weighted by Crippen LogP contribution is 2.27. The minimum absolute atomic E-state index is 0.0181. The molecule has 2 heterocycles. The third-order valence-electron chi connectivity index (χ3n) is 4.20. The van der Waals surface area contributed by atoms with Crippen molar-refractivity contribution < 1.29 is 14.6 Å². The van der Waals surface area contributed by atoms with Crippen LogP contribution in [0.5, 0.6) is 0 Å². The fraction of sp³-hybridized carbons (Fsp3) is 0.688. The number of rotatable bonds is 7. The van der Waals surface area contributed by atoms with Crippen molar-refractivity contribution in [3.63, 3.8) is 0 Å². The number of halogens is 1. The number of likely N-dealkylation sites (N-methyl/N-ethyl adjacent to an activating group) is 1. The number of aliphatic hydroxyl groups excluding tert-OH is 1. The van der Waals surface area contributed by atoms with E-state index in [9.17, 15) is 9.90 Å². The summed E-state index contributed by atoms with van der Waals surface area (Å²) in [5.41, 5.74) is 0. The molecule has 0 aromatic carbocycles. The first-order valence-electron chi connectivity index (χ1n) is 7.86. The number of piperidine rings is 1. The molecule has 0 bridgehead atoms. The maximum absolute atomic E-state index is 12.6. The van der Waals surface area contributed by atoms with Gasteiger partial charge in [-0.2, -0.15) is 0 Å². The van der Waals surface area contributed by atoms with Gasteiger partial charge >= 0.3 is 0 Å². The molecule has 1 aromatic heterocycles. The Morgan fingerprint density at radius 1 is 1.48 bits per heavy atom. The quantitative estimate of drug-likeness (QED) is 0.808. The maximum Gasteiger partial charge on any atom is 0.263 e. The molecule has 0 radical (unpaired) electrons. The highest BCUT2D eigenvalue weighted by molar-refractivity contribution is 7.17.